The van der Waals surface area contributed by atoms with Gasteiger partial charge in [0.1, 0.15) is 0 Å². The Labute approximate surface area is 74.1 Å². The molecule has 0 spiro atoms. The lowest BCUT2D eigenvalue weighted by Crippen LogP contribution is -2.25. The minimum atomic E-state index is -0.935. The van der Waals surface area contributed by atoms with Gasteiger partial charge in [-0.1, -0.05) is 0 Å². The second-order valence-corrected chi connectivity index (χ2v) is 3.51. The molecule has 2 heterocycles. The van der Waals surface area contributed by atoms with E-state index in [1.807, 2.05) is 4.90 Å². The van der Waals surface area contributed by atoms with E-state index in [9.17, 15) is 4.79 Å². The molecule has 64 valence electrons. The second kappa shape index (κ2) is 2.75. The van der Waals surface area contributed by atoms with Gasteiger partial charge in [-0.25, -0.2) is 4.79 Å². The van der Waals surface area contributed by atoms with Gasteiger partial charge in [-0.15, -0.1) is 11.8 Å². The quantitative estimate of drug-likeness (QED) is 0.616. The zero-order chi connectivity index (χ0) is 8.55. The number of fused-ring (bicyclic) bond motifs is 1. The first kappa shape index (κ1) is 7.54. The van der Waals surface area contributed by atoms with E-state index in [1.54, 1.807) is 30.4 Å². The van der Waals surface area contributed by atoms with E-state index in [1.165, 1.54) is 4.90 Å². The Morgan fingerprint density at radius 3 is 3.17 bits per heavy atom. The fourth-order valence-corrected chi connectivity index (χ4v) is 2.13. The molecule has 0 aromatic carbocycles. The van der Waals surface area contributed by atoms with Crippen molar-refractivity contribution in [2.75, 3.05) is 11.6 Å². The standard InChI is InChI=1S/C7H8N2O2S/c10-7(11)8-1-2-9-5-12-4-6(9)3-8/h1-3H,4-5H2,(H,10,11). The molecule has 2 aliphatic rings. The first-order valence-electron chi connectivity index (χ1n) is 3.52. The van der Waals surface area contributed by atoms with E-state index in [0.29, 0.717) is 0 Å². The summed E-state index contributed by atoms with van der Waals surface area (Å²) in [5.41, 5.74) is 1.06. The number of rotatable bonds is 0. The molecule has 4 nitrogen and oxygen atoms in total. The molecule has 1 amide bonds. The van der Waals surface area contributed by atoms with E-state index >= 15 is 0 Å². The highest BCUT2D eigenvalue weighted by Gasteiger charge is 2.21. The van der Waals surface area contributed by atoms with Crippen LogP contribution in [0.4, 0.5) is 4.79 Å². The van der Waals surface area contributed by atoms with E-state index in [4.69, 9.17) is 5.11 Å². The Hall–Kier alpha value is -1.10. The summed E-state index contributed by atoms with van der Waals surface area (Å²) in [4.78, 5) is 13.8. The van der Waals surface area contributed by atoms with E-state index in [-0.39, 0.29) is 0 Å². The number of carbonyl (C=O) groups is 1. The molecular weight excluding hydrogens is 176 g/mol. The van der Waals surface area contributed by atoms with Gasteiger partial charge in [0.2, 0.25) is 0 Å². The molecule has 0 bridgehead atoms. The number of amides is 1. The van der Waals surface area contributed by atoms with Crippen molar-refractivity contribution in [3.8, 4) is 0 Å². The Balaban J connectivity index is 2.20. The van der Waals surface area contributed by atoms with Gasteiger partial charge < -0.3 is 10.0 Å². The summed E-state index contributed by atoms with van der Waals surface area (Å²) in [6.07, 6.45) is 4.07. The van der Waals surface area contributed by atoms with Crippen LogP contribution in [0.1, 0.15) is 0 Å². The summed E-state index contributed by atoms with van der Waals surface area (Å²) in [7, 11) is 0. The summed E-state index contributed by atoms with van der Waals surface area (Å²) < 4.78 is 0. The molecule has 0 radical (unpaired) electrons. The third kappa shape index (κ3) is 1.16. The predicted molar refractivity (Wildman–Crippen MR) is 46.3 cm³/mol. The highest BCUT2D eigenvalue weighted by Crippen LogP contribution is 2.27. The van der Waals surface area contributed by atoms with Crippen LogP contribution in [0.5, 0.6) is 0 Å². The van der Waals surface area contributed by atoms with E-state index in [0.717, 1.165) is 17.3 Å². The molecule has 0 aliphatic carbocycles. The average molecular weight is 184 g/mol. The zero-order valence-corrected chi connectivity index (χ0v) is 7.12. The average Bonchev–Trinajstić information content (AvgIpc) is 2.49. The molecule has 1 fully saturated rings. The van der Waals surface area contributed by atoms with Crippen molar-refractivity contribution in [1.82, 2.24) is 9.80 Å². The minimum absolute atomic E-state index is 0.897. The SMILES string of the molecule is O=C(O)N1C=CN2CSCC2=C1. The minimum Gasteiger partial charge on any atom is -0.464 e. The fraction of sp³-hybridized carbons (Fsp3) is 0.286. The molecule has 0 atom stereocenters. The molecule has 0 aromatic heterocycles. The Morgan fingerprint density at radius 1 is 1.58 bits per heavy atom. The third-order valence-electron chi connectivity index (χ3n) is 1.77. The normalized spacial score (nSPS) is 20.8. The second-order valence-electron chi connectivity index (χ2n) is 2.56. The Morgan fingerprint density at radius 2 is 2.42 bits per heavy atom. The summed E-state index contributed by atoms with van der Waals surface area (Å²) in [5, 5.41) is 8.66. The van der Waals surface area contributed by atoms with Crippen molar-refractivity contribution in [3.63, 3.8) is 0 Å². The summed E-state index contributed by atoms with van der Waals surface area (Å²) in [6, 6.07) is 0. The first-order valence-corrected chi connectivity index (χ1v) is 4.67. The van der Waals surface area contributed by atoms with Gasteiger partial charge in [0.25, 0.3) is 0 Å². The molecule has 0 aromatic rings. The van der Waals surface area contributed by atoms with Gasteiger partial charge in [0, 0.05) is 30.0 Å². The van der Waals surface area contributed by atoms with Crippen LogP contribution in [-0.2, 0) is 0 Å². The lowest BCUT2D eigenvalue weighted by Gasteiger charge is -2.21. The van der Waals surface area contributed by atoms with Crippen LogP contribution in [0.15, 0.2) is 24.3 Å². The van der Waals surface area contributed by atoms with Crippen LogP contribution in [0.3, 0.4) is 0 Å². The van der Waals surface area contributed by atoms with E-state index < -0.39 is 6.09 Å². The molecule has 2 rings (SSSR count). The Kier molecular flexibility index (Phi) is 1.73. The zero-order valence-electron chi connectivity index (χ0n) is 6.30. The maximum Gasteiger partial charge on any atom is 0.415 e. The van der Waals surface area contributed by atoms with Crippen LogP contribution in [0.25, 0.3) is 0 Å². The van der Waals surface area contributed by atoms with Crippen molar-refractivity contribution < 1.29 is 9.90 Å². The lowest BCUT2D eigenvalue weighted by atomic mass is 10.4. The van der Waals surface area contributed by atoms with Crippen LogP contribution in [0.2, 0.25) is 0 Å². The van der Waals surface area contributed by atoms with E-state index in [2.05, 4.69) is 0 Å². The van der Waals surface area contributed by atoms with Crippen LogP contribution >= 0.6 is 11.8 Å². The van der Waals surface area contributed by atoms with Crippen molar-refractivity contribution in [2.45, 2.75) is 0 Å². The van der Waals surface area contributed by atoms with Gasteiger partial charge in [-0.3, -0.25) is 4.90 Å². The van der Waals surface area contributed by atoms with Crippen LogP contribution in [0, 0.1) is 0 Å². The molecule has 1 saturated heterocycles. The van der Waals surface area contributed by atoms with Gasteiger partial charge in [-0.2, -0.15) is 0 Å². The first-order chi connectivity index (χ1) is 5.77. The molecule has 0 saturated carbocycles. The topological polar surface area (TPSA) is 43.8 Å². The number of carboxylic acid groups (broad SMARTS) is 1. The lowest BCUT2D eigenvalue weighted by molar-refractivity contribution is 0.173. The fourth-order valence-electron chi connectivity index (χ4n) is 1.14. The van der Waals surface area contributed by atoms with Gasteiger partial charge in [-0.05, 0) is 0 Å². The predicted octanol–water partition coefficient (Wildman–Crippen LogP) is 1.30. The van der Waals surface area contributed by atoms with Crippen molar-refractivity contribution >= 4 is 17.9 Å². The molecule has 2 aliphatic heterocycles. The largest absolute Gasteiger partial charge is 0.464 e. The molecule has 0 unspecified atom stereocenters. The number of hydrogen-bond donors (Lipinski definition) is 1. The number of thioether (sulfide) groups is 1. The highest BCUT2D eigenvalue weighted by molar-refractivity contribution is 7.99. The maximum atomic E-state index is 10.5. The van der Waals surface area contributed by atoms with Gasteiger partial charge in [0.15, 0.2) is 0 Å². The van der Waals surface area contributed by atoms with Gasteiger partial charge >= 0.3 is 6.09 Å². The van der Waals surface area contributed by atoms with Crippen LogP contribution in [-0.4, -0.2) is 32.6 Å². The summed E-state index contributed by atoms with van der Waals surface area (Å²) >= 11 is 1.78. The maximum absolute atomic E-state index is 10.5. The monoisotopic (exact) mass is 184 g/mol. The smallest absolute Gasteiger partial charge is 0.415 e. The Bertz CT molecular complexity index is 275. The van der Waals surface area contributed by atoms with Crippen molar-refractivity contribution in [3.05, 3.63) is 24.3 Å². The number of nitrogens with zero attached hydrogens (tertiary/aromatic N) is 2. The molecule has 1 N–H and O–H groups in total. The summed E-state index contributed by atoms with van der Waals surface area (Å²) in [6.45, 7) is 0. The molecule has 12 heavy (non-hydrogen) atoms. The van der Waals surface area contributed by atoms with Gasteiger partial charge in [0.05, 0.1) is 5.88 Å². The van der Waals surface area contributed by atoms with Crippen LogP contribution < -0.4 is 0 Å². The highest BCUT2D eigenvalue weighted by atomic mass is 32.2. The van der Waals surface area contributed by atoms with Crippen molar-refractivity contribution in [2.24, 2.45) is 0 Å². The van der Waals surface area contributed by atoms with Crippen molar-refractivity contribution in [1.29, 1.82) is 0 Å². The molecular formula is C7H8N2O2S. The number of hydrogen-bond acceptors (Lipinski definition) is 3. The third-order valence-corrected chi connectivity index (χ3v) is 2.73. The summed E-state index contributed by atoms with van der Waals surface area (Å²) in [5.74, 6) is 1.82. The molecule has 5 heteroatoms.